The molecule has 0 aliphatic rings. The molecular weight excluding hydrogens is 503 g/mol. The maximum atomic E-state index is 12.7. The molecule has 3 N–H and O–H groups in total. The molecule has 1 aromatic rings. The van der Waals surface area contributed by atoms with Crippen molar-refractivity contribution in [3.63, 3.8) is 0 Å². The van der Waals surface area contributed by atoms with Gasteiger partial charge in [0.1, 0.15) is 0 Å². The Balaban J connectivity index is 0.00000784. The quantitative estimate of drug-likeness (QED) is 0.281. The summed E-state index contributed by atoms with van der Waals surface area (Å²) >= 11 is 0. The zero-order valence-electron chi connectivity index (χ0n) is 18.8. The Labute approximate surface area is 193 Å². The van der Waals surface area contributed by atoms with Crippen LogP contribution in [-0.4, -0.2) is 46.7 Å². The van der Waals surface area contributed by atoms with E-state index >= 15 is 0 Å². The molecule has 0 radical (unpaired) electrons. The van der Waals surface area contributed by atoms with E-state index in [-0.39, 0.29) is 40.4 Å². The topological polar surface area (TPSA) is 91.8 Å². The Hall–Kier alpha value is -0.910. The molecule has 9 heteroatoms. The van der Waals surface area contributed by atoms with Gasteiger partial charge in [-0.25, -0.2) is 13.1 Å². The smallest absolute Gasteiger partial charge is 0.241 e. The van der Waals surface area contributed by atoms with Crippen molar-refractivity contribution in [1.29, 1.82) is 0 Å². The van der Waals surface area contributed by atoms with E-state index in [1.54, 1.807) is 32.4 Å². The minimum absolute atomic E-state index is 0. The summed E-state index contributed by atoms with van der Waals surface area (Å²) in [7, 11) is -0.252. The Morgan fingerprint density at radius 3 is 2.17 bits per heavy atom. The van der Waals surface area contributed by atoms with Gasteiger partial charge in [-0.2, -0.15) is 0 Å². The third kappa shape index (κ3) is 9.63. The first-order chi connectivity index (χ1) is 12.8. The Morgan fingerprint density at radius 2 is 1.69 bits per heavy atom. The van der Waals surface area contributed by atoms with Gasteiger partial charge in [0.25, 0.3) is 0 Å². The van der Waals surface area contributed by atoms with Gasteiger partial charge < -0.3 is 15.4 Å². The fourth-order valence-electron chi connectivity index (χ4n) is 2.70. The van der Waals surface area contributed by atoms with Gasteiger partial charge in [0, 0.05) is 32.8 Å². The van der Waals surface area contributed by atoms with Crippen molar-refractivity contribution in [1.82, 2.24) is 15.4 Å². The van der Waals surface area contributed by atoms with E-state index in [2.05, 4.69) is 41.1 Å². The molecule has 1 unspecified atom stereocenters. The largest absolute Gasteiger partial charge is 0.379 e. The Bertz CT molecular complexity index is 769. The van der Waals surface area contributed by atoms with Gasteiger partial charge in [-0.1, -0.05) is 39.0 Å². The zero-order chi connectivity index (χ0) is 21.6. The molecular formula is C20H37IN4O3S. The lowest BCUT2D eigenvalue weighted by Crippen LogP contribution is -2.45. The van der Waals surface area contributed by atoms with Crippen LogP contribution in [0, 0.1) is 5.41 Å². The number of sulfonamides is 1. The predicted molar refractivity (Wildman–Crippen MR) is 130 cm³/mol. The predicted octanol–water partition coefficient (Wildman–Crippen LogP) is 3.11. The molecule has 0 spiro atoms. The monoisotopic (exact) mass is 540 g/mol. The summed E-state index contributed by atoms with van der Waals surface area (Å²) < 4.78 is 33.7. The van der Waals surface area contributed by atoms with Crippen molar-refractivity contribution in [3.05, 3.63) is 29.8 Å². The summed E-state index contributed by atoms with van der Waals surface area (Å²) in [6.07, 6.45) is 0.00898. The van der Waals surface area contributed by atoms with E-state index in [0.29, 0.717) is 24.6 Å². The van der Waals surface area contributed by atoms with Crippen LogP contribution >= 0.6 is 24.0 Å². The lowest BCUT2D eigenvalue weighted by atomic mass is 9.89. The molecule has 7 nitrogen and oxygen atoms in total. The van der Waals surface area contributed by atoms with Gasteiger partial charge in [0.2, 0.25) is 10.0 Å². The molecule has 1 atom stereocenters. The number of benzene rings is 1. The van der Waals surface area contributed by atoms with E-state index in [1.807, 2.05) is 26.8 Å². The lowest BCUT2D eigenvalue weighted by molar-refractivity contribution is 0.0205. The average molecular weight is 541 g/mol. The molecule has 0 aliphatic carbocycles. The second-order valence-electron chi connectivity index (χ2n) is 8.86. The van der Waals surface area contributed by atoms with Gasteiger partial charge in [-0.15, -0.1) is 24.0 Å². The van der Waals surface area contributed by atoms with Crippen molar-refractivity contribution in [2.24, 2.45) is 10.4 Å². The van der Waals surface area contributed by atoms with Crippen LogP contribution in [0.1, 0.15) is 47.1 Å². The first-order valence-electron chi connectivity index (χ1n) is 9.39. The third-order valence-corrected chi connectivity index (χ3v) is 5.94. The van der Waals surface area contributed by atoms with Crippen LogP contribution < -0.4 is 15.4 Å². The highest BCUT2D eigenvalue weighted by molar-refractivity contribution is 14.0. The summed E-state index contributed by atoms with van der Waals surface area (Å²) in [5.74, 6) is 0.585. The van der Waals surface area contributed by atoms with Crippen LogP contribution in [0.25, 0.3) is 0 Å². The molecule has 0 aromatic heterocycles. The van der Waals surface area contributed by atoms with Crippen molar-refractivity contribution < 1.29 is 13.2 Å². The number of methoxy groups -OCH3 is 1. The van der Waals surface area contributed by atoms with Gasteiger partial charge in [-0.05, 0) is 37.8 Å². The van der Waals surface area contributed by atoms with Crippen molar-refractivity contribution >= 4 is 40.0 Å². The third-order valence-electron chi connectivity index (χ3n) is 4.08. The molecule has 0 amide bonds. The summed E-state index contributed by atoms with van der Waals surface area (Å²) in [5.41, 5.74) is 0.0974. The highest BCUT2D eigenvalue weighted by Crippen LogP contribution is 2.21. The van der Waals surface area contributed by atoms with Gasteiger partial charge in [0.05, 0.1) is 11.0 Å². The number of rotatable bonds is 7. The first-order valence-corrected chi connectivity index (χ1v) is 10.9. The van der Waals surface area contributed by atoms with Gasteiger partial charge >= 0.3 is 0 Å². The van der Waals surface area contributed by atoms with Crippen LogP contribution in [0.5, 0.6) is 0 Å². The van der Waals surface area contributed by atoms with E-state index in [0.717, 1.165) is 0 Å². The highest BCUT2D eigenvalue weighted by atomic mass is 127. The maximum absolute atomic E-state index is 12.7. The Morgan fingerprint density at radius 1 is 1.10 bits per heavy atom. The zero-order valence-corrected chi connectivity index (χ0v) is 21.9. The second-order valence-corrected chi connectivity index (χ2v) is 10.5. The number of hydrogen-bond acceptors (Lipinski definition) is 4. The number of ether oxygens (including phenoxy) is 1. The van der Waals surface area contributed by atoms with Crippen LogP contribution in [0.4, 0.5) is 0 Å². The van der Waals surface area contributed by atoms with Crippen LogP contribution in [0.15, 0.2) is 34.2 Å². The second kappa shape index (κ2) is 11.5. The van der Waals surface area contributed by atoms with E-state index < -0.39 is 15.6 Å². The SMILES string of the molecule is CN=C(NCc1ccccc1S(=O)(=O)NC(C)(C)C)NCC(OC)C(C)(C)C.I. The summed E-state index contributed by atoms with van der Waals surface area (Å²) in [6, 6.07) is 6.95. The molecule has 1 rings (SSSR count). The lowest BCUT2D eigenvalue weighted by Gasteiger charge is -2.30. The minimum Gasteiger partial charge on any atom is -0.379 e. The maximum Gasteiger partial charge on any atom is 0.241 e. The summed E-state index contributed by atoms with van der Waals surface area (Å²) in [6.45, 7) is 12.7. The van der Waals surface area contributed by atoms with Crippen LogP contribution in [-0.2, 0) is 21.3 Å². The molecule has 0 saturated heterocycles. The number of hydrogen-bond donors (Lipinski definition) is 3. The number of aliphatic imine (C=N–C) groups is 1. The van der Waals surface area contributed by atoms with Crippen molar-refractivity contribution in [2.45, 2.75) is 64.6 Å². The molecule has 0 fully saturated rings. The summed E-state index contributed by atoms with van der Waals surface area (Å²) in [5, 5.41) is 6.43. The fourth-order valence-corrected chi connectivity index (χ4v) is 4.36. The normalized spacial score (nSPS) is 14.1. The fraction of sp³-hybridized carbons (Fsp3) is 0.650. The molecule has 29 heavy (non-hydrogen) atoms. The first kappa shape index (κ1) is 28.1. The molecule has 0 bridgehead atoms. The van der Waals surface area contributed by atoms with Crippen LogP contribution in [0.2, 0.25) is 0 Å². The Kier molecular flexibility index (Phi) is 11.1. The van der Waals surface area contributed by atoms with Gasteiger partial charge in [-0.3, -0.25) is 4.99 Å². The summed E-state index contributed by atoms with van der Waals surface area (Å²) in [4.78, 5) is 4.48. The van der Waals surface area contributed by atoms with E-state index in [4.69, 9.17) is 4.74 Å². The number of nitrogens with one attached hydrogen (secondary N) is 3. The molecule has 168 valence electrons. The minimum atomic E-state index is -3.62. The number of nitrogens with zero attached hydrogens (tertiary/aromatic N) is 1. The standard InChI is InChI=1S/C20H36N4O3S.HI/c1-19(2,3)17(27-8)14-23-18(21-7)22-13-15-11-9-10-12-16(15)28(25,26)24-20(4,5)6;/h9-12,17,24H,13-14H2,1-8H3,(H2,21,22,23);1H. The van der Waals surface area contributed by atoms with Gasteiger partial charge in [0.15, 0.2) is 5.96 Å². The highest BCUT2D eigenvalue weighted by Gasteiger charge is 2.25. The van der Waals surface area contributed by atoms with E-state index in [1.165, 1.54) is 0 Å². The number of guanidine groups is 1. The number of halogens is 1. The van der Waals surface area contributed by atoms with Crippen molar-refractivity contribution in [2.75, 3.05) is 20.7 Å². The van der Waals surface area contributed by atoms with Crippen molar-refractivity contribution in [3.8, 4) is 0 Å². The molecule has 0 aliphatic heterocycles. The molecule has 0 heterocycles. The van der Waals surface area contributed by atoms with E-state index in [9.17, 15) is 8.42 Å². The molecule has 1 aromatic carbocycles. The average Bonchev–Trinajstić information content (AvgIpc) is 2.55. The molecule has 0 saturated carbocycles. The van der Waals surface area contributed by atoms with Crippen LogP contribution in [0.3, 0.4) is 0 Å².